The summed E-state index contributed by atoms with van der Waals surface area (Å²) in [5, 5.41) is 2.97. The van der Waals surface area contributed by atoms with Gasteiger partial charge in [0.05, 0.1) is 19.9 Å². The van der Waals surface area contributed by atoms with Gasteiger partial charge in [-0.25, -0.2) is 0 Å². The number of anilines is 1. The highest BCUT2D eigenvalue weighted by Gasteiger charge is 2.20. The van der Waals surface area contributed by atoms with Crippen LogP contribution in [0.5, 0.6) is 11.5 Å². The Morgan fingerprint density at radius 2 is 1.68 bits per heavy atom. The first-order chi connectivity index (χ1) is 9.19. The van der Waals surface area contributed by atoms with Crippen molar-refractivity contribution in [3.05, 3.63) is 17.0 Å². The number of rotatable bonds is 4. The maximum absolute atomic E-state index is 10.8. The van der Waals surface area contributed by atoms with Crippen LogP contribution in [0.4, 0.5) is 11.4 Å². The number of methoxy groups -OCH3 is 2. The summed E-state index contributed by atoms with van der Waals surface area (Å²) in [6, 6.07) is 3.44. The van der Waals surface area contributed by atoms with E-state index in [1.807, 2.05) is 6.07 Å². The molecule has 0 unspecified atom stereocenters. The van der Waals surface area contributed by atoms with Crippen molar-refractivity contribution in [3.63, 3.8) is 0 Å². The lowest BCUT2D eigenvalue weighted by atomic mass is 10.2. The van der Waals surface area contributed by atoms with Crippen LogP contribution in [0.2, 0.25) is 0 Å². The summed E-state index contributed by atoms with van der Waals surface area (Å²) in [5.41, 5.74) is 1.21. The summed E-state index contributed by atoms with van der Waals surface area (Å²) in [5.74, 6) is 1.13. The Morgan fingerprint density at radius 3 is 2.21 bits per heavy atom. The van der Waals surface area contributed by atoms with Crippen molar-refractivity contribution >= 4 is 11.4 Å². The van der Waals surface area contributed by atoms with Gasteiger partial charge in [0.25, 0.3) is 0 Å². The van der Waals surface area contributed by atoms with E-state index in [0.717, 1.165) is 31.9 Å². The van der Waals surface area contributed by atoms with Crippen molar-refractivity contribution in [1.29, 1.82) is 0 Å². The van der Waals surface area contributed by atoms with E-state index in [9.17, 15) is 4.91 Å². The van der Waals surface area contributed by atoms with Crippen LogP contribution >= 0.6 is 0 Å². The minimum atomic E-state index is 0.261. The Hall–Kier alpha value is -1.82. The number of ether oxygens (including phenoxy) is 2. The molecular formula is C13H19N3O3. The predicted octanol–water partition coefficient (Wildman–Crippen LogP) is 1.85. The first-order valence-corrected chi connectivity index (χ1v) is 6.22. The van der Waals surface area contributed by atoms with E-state index < -0.39 is 0 Å². The lowest BCUT2D eigenvalue weighted by Crippen LogP contribution is -2.44. The van der Waals surface area contributed by atoms with Crippen LogP contribution in [0, 0.1) is 4.91 Å². The molecule has 0 atom stereocenters. The fraction of sp³-hybridized carbons (Fsp3) is 0.538. The van der Waals surface area contributed by atoms with Crippen LogP contribution in [0.3, 0.4) is 0 Å². The molecule has 0 bridgehead atoms. The summed E-state index contributed by atoms with van der Waals surface area (Å²) in [6.07, 6.45) is 0. The molecular weight excluding hydrogens is 246 g/mol. The van der Waals surface area contributed by atoms with Gasteiger partial charge in [-0.3, -0.25) is 0 Å². The Bertz CT molecular complexity index is 457. The van der Waals surface area contributed by atoms with Gasteiger partial charge in [-0.1, -0.05) is 0 Å². The Kier molecular flexibility index (Phi) is 4.21. The second kappa shape index (κ2) is 5.88. The van der Waals surface area contributed by atoms with Crippen LogP contribution < -0.4 is 14.4 Å². The summed E-state index contributed by atoms with van der Waals surface area (Å²) >= 11 is 0. The molecule has 6 nitrogen and oxygen atoms in total. The van der Waals surface area contributed by atoms with Gasteiger partial charge in [-0.05, 0) is 12.2 Å². The number of hydrogen-bond donors (Lipinski definition) is 0. The topological polar surface area (TPSA) is 54.4 Å². The Balaban J connectivity index is 2.35. The molecule has 2 rings (SSSR count). The molecule has 1 aliphatic heterocycles. The lowest BCUT2D eigenvalue weighted by molar-refractivity contribution is 0.310. The normalized spacial score (nSPS) is 16.3. The highest BCUT2D eigenvalue weighted by atomic mass is 16.5. The highest BCUT2D eigenvalue weighted by molar-refractivity contribution is 5.70. The summed E-state index contributed by atoms with van der Waals surface area (Å²) in [4.78, 5) is 15.3. The van der Waals surface area contributed by atoms with Crippen molar-refractivity contribution in [3.8, 4) is 11.5 Å². The fourth-order valence-electron chi connectivity index (χ4n) is 2.23. The van der Waals surface area contributed by atoms with Gasteiger partial charge in [0.1, 0.15) is 11.5 Å². The number of likely N-dealkylation sites (N-methyl/N-ethyl adjacent to an activating group) is 1. The molecule has 0 spiro atoms. The molecule has 0 amide bonds. The van der Waals surface area contributed by atoms with E-state index in [1.54, 1.807) is 13.2 Å². The van der Waals surface area contributed by atoms with Crippen molar-refractivity contribution in [2.24, 2.45) is 5.18 Å². The monoisotopic (exact) mass is 265 g/mol. The highest BCUT2D eigenvalue weighted by Crippen LogP contribution is 2.40. The third-order valence-electron chi connectivity index (χ3n) is 3.42. The second-order valence-electron chi connectivity index (χ2n) is 4.58. The zero-order valence-corrected chi connectivity index (χ0v) is 11.5. The van der Waals surface area contributed by atoms with Crippen molar-refractivity contribution in [2.75, 3.05) is 52.3 Å². The van der Waals surface area contributed by atoms with Crippen LogP contribution in [0.1, 0.15) is 0 Å². The number of hydrogen-bond acceptors (Lipinski definition) is 6. The van der Waals surface area contributed by atoms with Crippen LogP contribution in [0.25, 0.3) is 0 Å². The number of piperazine rings is 1. The maximum Gasteiger partial charge on any atom is 0.153 e. The number of nitrogens with zero attached hydrogens (tertiary/aromatic N) is 3. The smallest absolute Gasteiger partial charge is 0.153 e. The molecule has 0 aromatic heterocycles. The molecule has 0 radical (unpaired) electrons. The molecule has 1 aromatic carbocycles. The van der Waals surface area contributed by atoms with Crippen LogP contribution in [-0.2, 0) is 0 Å². The third kappa shape index (κ3) is 2.78. The van der Waals surface area contributed by atoms with Gasteiger partial charge in [0.2, 0.25) is 0 Å². The van der Waals surface area contributed by atoms with Crippen LogP contribution in [0.15, 0.2) is 17.3 Å². The van der Waals surface area contributed by atoms with E-state index in [2.05, 4.69) is 22.0 Å². The molecule has 6 heteroatoms. The zero-order valence-electron chi connectivity index (χ0n) is 11.5. The SMILES string of the molecule is COc1cc(N2CCN(C)CC2)c(OC)cc1N=O. The number of benzene rings is 1. The first-order valence-electron chi connectivity index (χ1n) is 6.22. The van der Waals surface area contributed by atoms with Gasteiger partial charge in [-0.15, -0.1) is 4.91 Å². The van der Waals surface area contributed by atoms with E-state index in [1.165, 1.54) is 7.11 Å². The standard InChI is InChI=1S/C13H19N3O3/c1-15-4-6-16(7-5-15)11-9-12(18-2)10(14-17)8-13(11)19-3/h8-9H,4-7H2,1-3H3. The molecule has 0 N–H and O–H groups in total. The van der Waals surface area contributed by atoms with E-state index in [4.69, 9.17) is 9.47 Å². The lowest BCUT2D eigenvalue weighted by Gasteiger charge is -2.34. The average Bonchev–Trinajstić information content (AvgIpc) is 2.46. The maximum atomic E-state index is 10.8. The minimum Gasteiger partial charge on any atom is -0.494 e. The third-order valence-corrected chi connectivity index (χ3v) is 3.42. The van der Waals surface area contributed by atoms with Crippen molar-refractivity contribution in [2.45, 2.75) is 0 Å². The Labute approximate surface area is 112 Å². The van der Waals surface area contributed by atoms with Gasteiger partial charge < -0.3 is 19.3 Å². The molecule has 1 fully saturated rings. The summed E-state index contributed by atoms with van der Waals surface area (Å²) in [7, 11) is 5.23. The minimum absolute atomic E-state index is 0.261. The van der Waals surface area contributed by atoms with Crippen molar-refractivity contribution < 1.29 is 9.47 Å². The molecule has 1 saturated heterocycles. The van der Waals surface area contributed by atoms with Crippen molar-refractivity contribution in [1.82, 2.24) is 4.90 Å². The Morgan fingerprint density at radius 1 is 1.05 bits per heavy atom. The van der Waals surface area contributed by atoms with Gasteiger partial charge in [0, 0.05) is 38.3 Å². The first kappa shape index (κ1) is 13.6. The summed E-state index contributed by atoms with van der Waals surface area (Å²) in [6.45, 7) is 3.84. The quantitative estimate of drug-likeness (QED) is 0.778. The molecule has 19 heavy (non-hydrogen) atoms. The van der Waals surface area contributed by atoms with Gasteiger partial charge in [0.15, 0.2) is 5.69 Å². The van der Waals surface area contributed by atoms with Gasteiger partial charge in [-0.2, -0.15) is 0 Å². The molecule has 1 heterocycles. The number of nitroso groups, excluding NO2 is 1. The van der Waals surface area contributed by atoms with Crippen LogP contribution in [-0.4, -0.2) is 52.3 Å². The zero-order chi connectivity index (χ0) is 13.8. The largest absolute Gasteiger partial charge is 0.494 e. The predicted molar refractivity (Wildman–Crippen MR) is 74.7 cm³/mol. The molecule has 1 aliphatic rings. The summed E-state index contributed by atoms with van der Waals surface area (Å²) < 4.78 is 10.6. The van der Waals surface area contributed by atoms with Gasteiger partial charge >= 0.3 is 0 Å². The molecule has 1 aromatic rings. The molecule has 104 valence electrons. The molecule has 0 aliphatic carbocycles. The fourth-order valence-corrected chi connectivity index (χ4v) is 2.23. The second-order valence-corrected chi connectivity index (χ2v) is 4.58. The molecule has 0 saturated carbocycles. The van der Waals surface area contributed by atoms with E-state index in [-0.39, 0.29) is 5.69 Å². The van der Waals surface area contributed by atoms with E-state index in [0.29, 0.717) is 11.5 Å². The van der Waals surface area contributed by atoms with E-state index >= 15 is 0 Å². The average molecular weight is 265 g/mol.